The number of methoxy groups -OCH3 is 1. The van der Waals surface area contributed by atoms with E-state index in [1.807, 2.05) is 0 Å². The van der Waals surface area contributed by atoms with Crippen LogP contribution < -0.4 is 9.47 Å². The van der Waals surface area contributed by atoms with Gasteiger partial charge in [0.15, 0.2) is 11.5 Å². The normalized spacial score (nSPS) is 14.6. The number of hydrogen-bond donors (Lipinski definition) is 1. The van der Waals surface area contributed by atoms with Crippen molar-refractivity contribution in [2.24, 2.45) is 0 Å². The Balaban J connectivity index is 1.80. The molecule has 1 aliphatic heterocycles. The Labute approximate surface area is 161 Å². The molecule has 8 heteroatoms. The van der Waals surface area contributed by atoms with E-state index in [0.717, 1.165) is 31.0 Å². The highest BCUT2D eigenvalue weighted by molar-refractivity contribution is 7.17. The summed E-state index contributed by atoms with van der Waals surface area (Å²) in [7, 11) is 1.55. The molecule has 1 aliphatic rings. The van der Waals surface area contributed by atoms with Gasteiger partial charge in [-0.2, -0.15) is 0 Å². The van der Waals surface area contributed by atoms with Gasteiger partial charge < -0.3 is 14.6 Å². The van der Waals surface area contributed by atoms with Crippen molar-refractivity contribution in [1.82, 2.24) is 9.88 Å². The summed E-state index contributed by atoms with van der Waals surface area (Å²) in [5.41, 5.74) is 1.19. The molecule has 1 saturated heterocycles. The molecule has 1 N–H and O–H groups in total. The largest absolute Gasteiger partial charge is 0.493 e. The van der Waals surface area contributed by atoms with E-state index in [0.29, 0.717) is 39.4 Å². The minimum absolute atomic E-state index is 0.223. The molecule has 1 aromatic carbocycles. The predicted molar refractivity (Wildman–Crippen MR) is 102 cm³/mol. The zero-order valence-corrected chi connectivity index (χ0v) is 16.3. The summed E-state index contributed by atoms with van der Waals surface area (Å²) in [5, 5.41) is 10.2. The van der Waals surface area contributed by atoms with Crippen LogP contribution in [-0.4, -0.2) is 54.3 Å². The Morgan fingerprint density at radius 3 is 2.73 bits per heavy atom. The summed E-state index contributed by atoms with van der Waals surface area (Å²) >= 11 is 7.53. The highest BCUT2D eigenvalue weighted by Gasteiger charge is 2.19. The van der Waals surface area contributed by atoms with Crippen LogP contribution in [0, 0.1) is 6.92 Å². The number of rotatable bonds is 7. The van der Waals surface area contributed by atoms with Gasteiger partial charge in [-0.3, -0.25) is 4.90 Å². The zero-order valence-electron chi connectivity index (χ0n) is 14.7. The molecule has 0 saturated carbocycles. The van der Waals surface area contributed by atoms with Gasteiger partial charge in [0.25, 0.3) is 0 Å². The molecule has 26 heavy (non-hydrogen) atoms. The molecule has 0 atom stereocenters. The highest BCUT2D eigenvalue weighted by atomic mass is 35.5. The molecule has 1 aromatic heterocycles. The minimum Gasteiger partial charge on any atom is -0.493 e. The molecule has 3 rings (SSSR count). The third-order valence-corrected chi connectivity index (χ3v) is 5.80. The number of carboxylic acids is 1. The second-order valence-corrected chi connectivity index (χ2v) is 7.53. The summed E-state index contributed by atoms with van der Waals surface area (Å²) in [6.07, 6.45) is 2.48. The summed E-state index contributed by atoms with van der Waals surface area (Å²) in [6.45, 7) is 5.30. The van der Waals surface area contributed by atoms with Gasteiger partial charge in [0.2, 0.25) is 0 Å². The number of carbonyl (C=O) groups is 1. The molecule has 0 spiro atoms. The maximum Gasteiger partial charge on any atom is 0.347 e. The van der Waals surface area contributed by atoms with Gasteiger partial charge in [-0.25, -0.2) is 9.78 Å². The van der Waals surface area contributed by atoms with Crippen molar-refractivity contribution in [3.8, 4) is 22.1 Å². The van der Waals surface area contributed by atoms with E-state index in [1.165, 1.54) is 12.8 Å². The van der Waals surface area contributed by atoms with Crippen LogP contribution in [0.3, 0.4) is 0 Å². The number of carboxylic acid groups (broad SMARTS) is 1. The molecule has 2 aromatic rings. The van der Waals surface area contributed by atoms with Crippen molar-refractivity contribution >= 4 is 28.9 Å². The fraction of sp³-hybridized carbons (Fsp3) is 0.444. The Hall–Kier alpha value is -1.83. The molecule has 0 unspecified atom stereocenters. The first-order chi connectivity index (χ1) is 12.5. The van der Waals surface area contributed by atoms with Gasteiger partial charge in [0, 0.05) is 12.1 Å². The van der Waals surface area contributed by atoms with Gasteiger partial charge in [0.05, 0.1) is 17.8 Å². The van der Waals surface area contributed by atoms with Gasteiger partial charge in [-0.1, -0.05) is 11.6 Å². The number of aromatic carboxylic acids is 1. The van der Waals surface area contributed by atoms with Crippen molar-refractivity contribution < 1.29 is 19.4 Å². The van der Waals surface area contributed by atoms with Crippen molar-refractivity contribution in [3.05, 3.63) is 27.7 Å². The molecule has 0 amide bonds. The smallest absolute Gasteiger partial charge is 0.347 e. The second-order valence-electron chi connectivity index (χ2n) is 6.13. The van der Waals surface area contributed by atoms with E-state index in [2.05, 4.69) is 9.88 Å². The van der Waals surface area contributed by atoms with Crippen LogP contribution in [0.2, 0.25) is 5.02 Å². The lowest BCUT2D eigenvalue weighted by molar-refractivity contribution is 0.0701. The van der Waals surface area contributed by atoms with E-state index in [1.54, 1.807) is 26.2 Å². The first kappa shape index (κ1) is 18.9. The Bertz CT molecular complexity index is 803. The second kappa shape index (κ2) is 8.24. The predicted octanol–water partition coefficient (Wildman–Crippen LogP) is 3.95. The average Bonchev–Trinajstić information content (AvgIpc) is 3.25. The van der Waals surface area contributed by atoms with Crippen LogP contribution >= 0.6 is 22.9 Å². The van der Waals surface area contributed by atoms with Gasteiger partial charge in [0.1, 0.15) is 16.5 Å². The lowest BCUT2D eigenvalue weighted by Crippen LogP contribution is -2.25. The highest BCUT2D eigenvalue weighted by Crippen LogP contribution is 2.40. The topological polar surface area (TPSA) is 71.9 Å². The van der Waals surface area contributed by atoms with Crippen LogP contribution in [0.5, 0.6) is 11.5 Å². The molecule has 6 nitrogen and oxygen atoms in total. The Morgan fingerprint density at radius 2 is 2.12 bits per heavy atom. The summed E-state index contributed by atoms with van der Waals surface area (Å²) in [6, 6.07) is 3.51. The summed E-state index contributed by atoms with van der Waals surface area (Å²) in [4.78, 5) is 18.2. The number of nitrogens with zero attached hydrogens (tertiary/aromatic N) is 2. The number of thiazole rings is 1. The maximum absolute atomic E-state index is 11.2. The molecule has 140 valence electrons. The van der Waals surface area contributed by atoms with Crippen molar-refractivity contribution in [3.63, 3.8) is 0 Å². The first-order valence-corrected chi connectivity index (χ1v) is 9.63. The lowest BCUT2D eigenvalue weighted by Gasteiger charge is -2.17. The van der Waals surface area contributed by atoms with Crippen LogP contribution in [-0.2, 0) is 0 Å². The number of benzene rings is 1. The van der Waals surface area contributed by atoms with Crippen LogP contribution in [0.1, 0.15) is 28.2 Å². The lowest BCUT2D eigenvalue weighted by atomic mass is 10.2. The van der Waals surface area contributed by atoms with Crippen molar-refractivity contribution in [2.75, 3.05) is 33.4 Å². The summed E-state index contributed by atoms with van der Waals surface area (Å²) < 4.78 is 11.3. The number of aryl methyl sites for hydroxylation is 1. The van der Waals surface area contributed by atoms with Crippen LogP contribution in [0.4, 0.5) is 0 Å². The Kier molecular flexibility index (Phi) is 6.01. The minimum atomic E-state index is -0.980. The Morgan fingerprint density at radius 1 is 1.38 bits per heavy atom. The van der Waals surface area contributed by atoms with E-state index in [-0.39, 0.29) is 4.88 Å². The monoisotopic (exact) mass is 396 g/mol. The molecular formula is C18H21ClN2O4S. The van der Waals surface area contributed by atoms with E-state index >= 15 is 0 Å². The van der Waals surface area contributed by atoms with E-state index in [9.17, 15) is 9.90 Å². The maximum atomic E-state index is 11.2. The quantitative estimate of drug-likeness (QED) is 0.763. The molecule has 0 radical (unpaired) electrons. The van der Waals surface area contributed by atoms with Gasteiger partial charge >= 0.3 is 5.97 Å². The molecular weight excluding hydrogens is 376 g/mol. The molecule has 0 aliphatic carbocycles. The zero-order chi connectivity index (χ0) is 18.7. The SMILES string of the molecule is COc1cc(-c2nc(C)c(C(=O)O)s2)cc(Cl)c1OCCN1CCCC1. The average molecular weight is 397 g/mol. The van der Waals surface area contributed by atoms with E-state index < -0.39 is 5.97 Å². The van der Waals surface area contributed by atoms with Crippen LogP contribution in [0.25, 0.3) is 10.6 Å². The van der Waals surface area contributed by atoms with Gasteiger partial charge in [-0.15, -0.1) is 11.3 Å². The summed E-state index contributed by atoms with van der Waals surface area (Å²) in [5.74, 6) is 0.0358. The van der Waals surface area contributed by atoms with Crippen molar-refractivity contribution in [2.45, 2.75) is 19.8 Å². The fourth-order valence-electron chi connectivity index (χ4n) is 2.98. The number of ether oxygens (including phenoxy) is 2. The molecule has 2 heterocycles. The fourth-order valence-corrected chi connectivity index (χ4v) is 4.14. The number of hydrogen-bond acceptors (Lipinski definition) is 6. The number of aromatic nitrogens is 1. The van der Waals surface area contributed by atoms with Crippen molar-refractivity contribution in [1.29, 1.82) is 0 Å². The third-order valence-electron chi connectivity index (χ3n) is 4.32. The van der Waals surface area contributed by atoms with Crippen LogP contribution in [0.15, 0.2) is 12.1 Å². The van der Waals surface area contributed by atoms with E-state index in [4.69, 9.17) is 21.1 Å². The number of halogens is 1. The molecule has 1 fully saturated rings. The van der Waals surface area contributed by atoms with Gasteiger partial charge in [-0.05, 0) is 45.0 Å². The molecule has 0 bridgehead atoms. The standard InChI is InChI=1S/C18H21ClN2O4S/c1-11-16(18(22)23)26-17(20-11)12-9-13(19)15(14(10-12)24-2)25-8-7-21-5-3-4-6-21/h9-10H,3-8H2,1-2H3,(H,22,23). The first-order valence-electron chi connectivity index (χ1n) is 8.43. The number of likely N-dealkylation sites (tertiary alicyclic amines) is 1. The third kappa shape index (κ3) is 4.11.